The van der Waals surface area contributed by atoms with E-state index in [1.54, 1.807) is 18.2 Å². The summed E-state index contributed by atoms with van der Waals surface area (Å²) in [6.07, 6.45) is 4.57. The lowest BCUT2D eigenvalue weighted by Gasteiger charge is -2.11. The molecule has 0 unspecified atom stereocenters. The predicted octanol–water partition coefficient (Wildman–Crippen LogP) is 6.65. The third-order valence-electron chi connectivity index (χ3n) is 6.55. The van der Waals surface area contributed by atoms with E-state index in [1.165, 1.54) is 0 Å². The van der Waals surface area contributed by atoms with E-state index < -0.39 is 11.1 Å². The molecule has 0 aliphatic carbocycles. The fourth-order valence-corrected chi connectivity index (χ4v) is 5.29. The van der Waals surface area contributed by atoms with Crippen LogP contribution in [0, 0.1) is 13.8 Å². The fraction of sp³-hybridized carbons (Fsp3) is 0.194. The second kappa shape index (κ2) is 11.1. The molecule has 0 radical (unpaired) electrons. The van der Waals surface area contributed by atoms with Crippen molar-refractivity contribution in [3.8, 4) is 5.75 Å². The summed E-state index contributed by atoms with van der Waals surface area (Å²) in [7, 11) is 0. The molecule has 3 aromatic carbocycles. The molecule has 0 atom stereocenters. The second-order valence-electron chi connectivity index (χ2n) is 9.32. The molecule has 192 valence electrons. The Morgan fingerprint density at radius 2 is 1.68 bits per heavy atom. The zero-order chi connectivity index (χ0) is 26.6. The van der Waals surface area contributed by atoms with Crippen molar-refractivity contribution in [2.24, 2.45) is 0 Å². The van der Waals surface area contributed by atoms with Crippen LogP contribution in [0.2, 0.25) is 0 Å². The number of para-hydroxylation sites is 2. The van der Waals surface area contributed by atoms with Gasteiger partial charge in [0.1, 0.15) is 5.75 Å². The first kappa shape index (κ1) is 25.5. The number of Topliss-reactive ketones (excluding diaryl/α,β-unsaturated/α-hetero) is 1. The Bertz CT molecular complexity index is 1550. The Morgan fingerprint density at radius 1 is 0.947 bits per heavy atom. The number of amides is 2. The minimum atomic E-state index is -0.441. The van der Waals surface area contributed by atoms with Crippen molar-refractivity contribution >= 4 is 45.7 Å². The molecule has 7 heteroatoms. The normalized spacial score (nSPS) is 14.6. The van der Waals surface area contributed by atoms with E-state index in [1.807, 2.05) is 80.7 Å². The number of carbonyl (C=O) groups excluding carboxylic acids is 3. The van der Waals surface area contributed by atoms with Crippen LogP contribution in [0.25, 0.3) is 17.0 Å². The quantitative estimate of drug-likeness (QED) is 0.139. The van der Waals surface area contributed by atoms with Crippen molar-refractivity contribution < 1.29 is 19.1 Å². The molecule has 1 aliphatic heterocycles. The largest absolute Gasteiger partial charge is 0.493 e. The lowest BCUT2D eigenvalue weighted by Crippen LogP contribution is -2.33. The number of thioether (sulfide) groups is 1. The summed E-state index contributed by atoms with van der Waals surface area (Å²) in [5, 5.41) is 0.564. The van der Waals surface area contributed by atoms with Gasteiger partial charge in [-0.3, -0.25) is 19.3 Å². The first-order valence-corrected chi connectivity index (χ1v) is 13.3. The molecule has 0 N–H and O–H groups in total. The Labute approximate surface area is 225 Å². The number of carbonyl (C=O) groups is 3. The van der Waals surface area contributed by atoms with Crippen molar-refractivity contribution in [3.05, 3.63) is 106 Å². The van der Waals surface area contributed by atoms with Crippen molar-refractivity contribution in [1.29, 1.82) is 0 Å². The molecule has 5 rings (SSSR count). The summed E-state index contributed by atoms with van der Waals surface area (Å²) in [5.41, 5.74) is 4.52. The average Bonchev–Trinajstić information content (AvgIpc) is 3.39. The highest BCUT2D eigenvalue weighted by molar-refractivity contribution is 8.18. The molecule has 0 bridgehead atoms. The zero-order valence-electron chi connectivity index (χ0n) is 21.3. The van der Waals surface area contributed by atoms with Crippen LogP contribution in [0.15, 0.2) is 83.9 Å². The molecular weight excluding hydrogens is 496 g/mol. The van der Waals surface area contributed by atoms with Gasteiger partial charge in [0.05, 0.1) is 18.1 Å². The van der Waals surface area contributed by atoms with Crippen LogP contribution in [0.1, 0.15) is 33.5 Å². The van der Waals surface area contributed by atoms with Gasteiger partial charge in [-0.15, -0.1) is 0 Å². The molecule has 2 amide bonds. The number of ketones is 1. The van der Waals surface area contributed by atoms with Crippen LogP contribution in [-0.4, -0.2) is 39.5 Å². The van der Waals surface area contributed by atoms with Crippen LogP contribution >= 0.6 is 11.8 Å². The molecular formula is C31H28N2O4S. The Hall–Kier alpha value is -4.10. The summed E-state index contributed by atoms with van der Waals surface area (Å²) in [5.74, 6) is 0.184. The van der Waals surface area contributed by atoms with E-state index in [-0.39, 0.29) is 12.3 Å². The molecule has 0 saturated carbocycles. The lowest BCUT2D eigenvalue weighted by atomic mass is 10.1. The van der Waals surface area contributed by atoms with E-state index >= 15 is 0 Å². The summed E-state index contributed by atoms with van der Waals surface area (Å²) in [6.45, 7) is 5.02. The van der Waals surface area contributed by atoms with Gasteiger partial charge in [0, 0.05) is 34.8 Å². The number of hydrogen-bond acceptors (Lipinski definition) is 5. The molecule has 1 saturated heterocycles. The van der Waals surface area contributed by atoms with Gasteiger partial charge in [-0.05, 0) is 55.8 Å². The smallest absolute Gasteiger partial charge is 0.293 e. The number of hydrogen-bond donors (Lipinski definition) is 0. The maximum atomic E-state index is 13.1. The third kappa shape index (κ3) is 5.43. The van der Waals surface area contributed by atoms with E-state index in [2.05, 4.69) is 4.57 Å². The number of ether oxygens (including phenoxy) is 1. The van der Waals surface area contributed by atoms with Gasteiger partial charge in [-0.25, -0.2) is 0 Å². The van der Waals surface area contributed by atoms with Crippen LogP contribution in [0.3, 0.4) is 0 Å². The molecule has 6 nitrogen and oxygen atoms in total. The van der Waals surface area contributed by atoms with Crippen molar-refractivity contribution in [3.63, 3.8) is 0 Å². The summed E-state index contributed by atoms with van der Waals surface area (Å²) < 4.78 is 8.09. The third-order valence-corrected chi connectivity index (χ3v) is 7.46. The zero-order valence-corrected chi connectivity index (χ0v) is 22.2. The van der Waals surface area contributed by atoms with Gasteiger partial charge >= 0.3 is 0 Å². The standard InChI is InChI=1S/C31H28N2O4S/c1-21-12-14-23(15-13-21)27(34)20-33-30(35)29(38-31(33)36)18-24-19-32(26-10-5-4-9-25(24)26)16-7-17-37-28-11-6-3-8-22(28)2/h3-6,8-15,18-19H,7,16-17,20H2,1-2H3/b29-18-. The average molecular weight is 525 g/mol. The van der Waals surface area contributed by atoms with Gasteiger partial charge in [-0.2, -0.15) is 0 Å². The lowest BCUT2D eigenvalue weighted by molar-refractivity contribution is -0.122. The van der Waals surface area contributed by atoms with Crippen molar-refractivity contribution in [2.45, 2.75) is 26.8 Å². The number of fused-ring (bicyclic) bond motifs is 1. The Balaban J connectivity index is 1.30. The highest BCUT2D eigenvalue weighted by Gasteiger charge is 2.36. The highest BCUT2D eigenvalue weighted by Crippen LogP contribution is 2.34. The van der Waals surface area contributed by atoms with E-state index in [4.69, 9.17) is 4.74 Å². The SMILES string of the molecule is Cc1ccc(C(=O)CN2C(=O)S/C(=C\c3cn(CCCOc4ccccc4C)c4ccccc34)C2=O)cc1. The number of aryl methyl sites for hydroxylation is 3. The Kier molecular flexibility index (Phi) is 7.47. The molecule has 1 aliphatic rings. The number of imide groups is 1. The van der Waals surface area contributed by atoms with Crippen LogP contribution in [-0.2, 0) is 11.3 Å². The number of nitrogens with zero attached hydrogens (tertiary/aromatic N) is 2. The van der Waals surface area contributed by atoms with Crippen LogP contribution in [0.4, 0.5) is 4.79 Å². The maximum absolute atomic E-state index is 13.1. The van der Waals surface area contributed by atoms with Crippen LogP contribution in [0.5, 0.6) is 5.75 Å². The van der Waals surface area contributed by atoms with E-state index in [0.29, 0.717) is 17.1 Å². The number of aromatic nitrogens is 1. The topological polar surface area (TPSA) is 68.6 Å². The first-order valence-electron chi connectivity index (χ1n) is 12.5. The van der Waals surface area contributed by atoms with Gasteiger partial charge < -0.3 is 9.30 Å². The predicted molar refractivity (Wildman–Crippen MR) is 151 cm³/mol. The van der Waals surface area contributed by atoms with Gasteiger partial charge in [0.15, 0.2) is 5.78 Å². The summed E-state index contributed by atoms with van der Waals surface area (Å²) in [4.78, 5) is 39.8. The van der Waals surface area contributed by atoms with Gasteiger partial charge in [0.25, 0.3) is 11.1 Å². The van der Waals surface area contributed by atoms with Gasteiger partial charge in [0.2, 0.25) is 0 Å². The fourth-order valence-electron chi connectivity index (χ4n) is 4.46. The van der Waals surface area contributed by atoms with Gasteiger partial charge in [-0.1, -0.05) is 66.2 Å². The van der Waals surface area contributed by atoms with E-state index in [0.717, 1.165) is 63.0 Å². The second-order valence-corrected chi connectivity index (χ2v) is 10.3. The molecule has 4 aromatic rings. The van der Waals surface area contributed by atoms with Crippen molar-refractivity contribution in [2.75, 3.05) is 13.2 Å². The van der Waals surface area contributed by atoms with Crippen molar-refractivity contribution in [1.82, 2.24) is 9.47 Å². The molecule has 1 aromatic heterocycles. The minimum absolute atomic E-state index is 0.266. The molecule has 2 heterocycles. The monoisotopic (exact) mass is 524 g/mol. The van der Waals surface area contributed by atoms with Crippen LogP contribution < -0.4 is 4.74 Å². The summed E-state index contributed by atoms with van der Waals surface area (Å²) in [6, 6.07) is 23.1. The Morgan fingerprint density at radius 3 is 2.47 bits per heavy atom. The maximum Gasteiger partial charge on any atom is 0.293 e. The molecule has 1 fully saturated rings. The number of rotatable bonds is 9. The van der Waals surface area contributed by atoms with E-state index in [9.17, 15) is 14.4 Å². The first-order chi connectivity index (χ1) is 18.4. The molecule has 38 heavy (non-hydrogen) atoms. The molecule has 0 spiro atoms. The summed E-state index contributed by atoms with van der Waals surface area (Å²) >= 11 is 0.872. The highest BCUT2D eigenvalue weighted by atomic mass is 32.2. The minimum Gasteiger partial charge on any atom is -0.493 e. The number of benzene rings is 3.